The van der Waals surface area contributed by atoms with Crippen molar-refractivity contribution >= 4 is 21.4 Å². The van der Waals surface area contributed by atoms with Gasteiger partial charge in [0.15, 0.2) is 0 Å². The predicted molar refractivity (Wildman–Crippen MR) is 75.6 cm³/mol. The molecule has 2 atom stereocenters. The summed E-state index contributed by atoms with van der Waals surface area (Å²) in [7, 11) is 0. The molecule has 2 aromatic rings. The van der Waals surface area contributed by atoms with E-state index in [0.29, 0.717) is 12.0 Å². The first-order chi connectivity index (χ1) is 8.34. The lowest BCUT2D eigenvalue weighted by molar-refractivity contribution is 0.538. The Labute approximate surface area is 107 Å². The van der Waals surface area contributed by atoms with Crippen LogP contribution >= 0.6 is 11.3 Å². The highest BCUT2D eigenvalue weighted by Gasteiger charge is 2.20. The molecular weight excluding hydrogens is 226 g/mol. The van der Waals surface area contributed by atoms with Crippen molar-refractivity contribution in [2.45, 2.75) is 44.1 Å². The normalized spacial score (nSPS) is 25.9. The second kappa shape index (κ2) is 4.79. The summed E-state index contributed by atoms with van der Waals surface area (Å²) >= 11 is 1.87. The number of fused-ring (bicyclic) bond motifs is 1. The lowest BCUT2D eigenvalue weighted by atomic mass is 9.90. The van der Waals surface area contributed by atoms with Crippen molar-refractivity contribution in [2.75, 3.05) is 0 Å². The van der Waals surface area contributed by atoms with Gasteiger partial charge in [-0.3, -0.25) is 0 Å². The highest BCUT2D eigenvalue weighted by atomic mass is 32.1. The topological polar surface area (TPSA) is 26.0 Å². The molecule has 1 fully saturated rings. The van der Waals surface area contributed by atoms with E-state index in [0.717, 1.165) is 6.42 Å². The average molecular weight is 245 g/mol. The number of hydrogen-bond donors (Lipinski definition) is 1. The maximum atomic E-state index is 6.19. The van der Waals surface area contributed by atoms with E-state index in [1.165, 1.54) is 41.3 Å². The molecule has 0 saturated heterocycles. The van der Waals surface area contributed by atoms with E-state index in [9.17, 15) is 0 Å². The summed E-state index contributed by atoms with van der Waals surface area (Å²) in [6.07, 6.45) is 6.32. The van der Waals surface area contributed by atoms with Crippen LogP contribution in [-0.4, -0.2) is 6.04 Å². The molecule has 1 nitrogen and oxygen atoms in total. The summed E-state index contributed by atoms with van der Waals surface area (Å²) in [5, 5.41) is 3.59. The van der Waals surface area contributed by atoms with Crippen LogP contribution in [0.3, 0.4) is 0 Å². The van der Waals surface area contributed by atoms with E-state index in [-0.39, 0.29) is 0 Å². The van der Waals surface area contributed by atoms with E-state index in [2.05, 4.69) is 29.6 Å². The Morgan fingerprint density at radius 1 is 1.12 bits per heavy atom. The molecule has 1 aliphatic carbocycles. The summed E-state index contributed by atoms with van der Waals surface area (Å²) in [6, 6.07) is 9.34. The number of nitrogens with two attached hydrogens (primary N) is 1. The predicted octanol–water partition coefficient (Wildman–Crippen LogP) is 4.28. The van der Waals surface area contributed by atoms with Gasteiger partial charge in [0.25, 0.3) is 0 Å². The molecule has 1 heterocycles. The van der Waals surface area contributed by atoms with Gasteiger partial charge in [-0.15, -0.1) is 11.3 Å². The zero-order valence-corrected chi connectivity index (χ0v) is 10.9. The first-order valence-electron chi connectivity index (χ1n) is 6.56. The van der Waals surface area contributed by atoms with Crippen LogP contribution in [0.2, 0.25) is 0 Å². The number of hydrogen-bond acceptors (Lipinski definition) is 2. The van der Waals surface area contributed by atoms with E-state index in [4.69, 9.17) is 5.73 Å². The number of rotatable bonds is 1. The third kappa shape index (κ3) is 2.24. The van der Waals surface area contributed by atoms with Crippen molar-refractivity contribution in [3.63, 3.8) is 0 Å². The van der Waals surface area contributed by atoms with Gasteiger partial charge in [0.1, 0.15) is 0 Å². The summed E-state index contributed by atoms with van der Waals surface area (Å²) in [5.74, 6) is 0.676. The highest BCUT2D eigenvalue weighted by Crippen LogP contribution is 2.37. The molecule has 0 spiro atoms. The highest BCUT2D eigenvalue weighted by molar-refractivity contribution is 7.17. The smallest absolute Gasteiger partial charge is 0.0377 e. The van der Waals surface area contributed by atoms with E-state index >= 15 is 0 Å². The minimum absolute atomic E-state index is 0.401. The van der Waals surface area contributed by atoms with E-state index < -0.39 is 0 Å². The number of thiophene rings is 1. The minimum atomic E-state index is 0.401. The van der Waals surface area contributed by atoms with Gasteiger partial charge in [0.2, 0.25) is 0 Å². The fourth-order valence-corrected chi connectivity index (χ4v) is 4.01. The van der Waals surface area contributed by atoms with Gasteiger partial charge >= 0.3 is 0 Å². The fraction of sp³-hybridized carbons (Fsp3) is 0.467. The fourth-order valence-electron chi connectivity index (χ4n) is 3.02. The second-order valence-corrected chi connectivity index (χ2v) is 6.08. The molecule has 1 aromatic carbocycles. The molecular formula is C15H19NS. The summed E-state index contributed by atoms with van der Waals surface area (Å²) in [5.41, 5.74) is 7.72. The standard InChI is InChI=1S/C15H19NS/c16-13-6-2-1-4-12(10-13)14-7-3-5-11-8-9-17-15(11)14/h3,5,7-9,12-13H,1-2,4,6,10,16H2. The summed E-state index contributed by atoms with van der Waals surface area (Å²) in [6.45, 7) is 0. The van der Waals surface area contributed by atoms with Gasteiger partial charge in [0, 0.05) is 10.7 Å². The van der Waals surface area contributed by atoms with Crippen molar-refractivity contribution < 1.29 is 0 Å². The van der Waals surface area contributed by atoms with Crippen molar-refractivity contribution in [1.29, 1.82) is 0 Å². The quantitative estimate of drug-likeness (QED) is 0.746. The van der Waals surface area contributed by atoms with Crippen LogP contribution in [-0.2, 0) is 0 Å². The van der Waals surface area contributed by atoms with Crippen LogP contribution in [0.1, 0.15) is 43.6 Å². The Morgan fingerprint density at radius 3 is 2.94 bits per heavy atom. The molecule has 2 unspecified atom stereocenters. The Bertz CT molecular complexity index is 502. The summed E-state index contributed by atoms with van der Waals surface area (Å²) in [4.78, 5) is 0. The SMILES string of the molecule is NC1CCCCC(c2cccc3ccsc23)C1. The van der Waals surface area contributed by atoms with Crippen LogP contribution in [0.15, 0.2) is 29.6 Å². The Morgan fingerprint density at radius 2 is 2.00 bits per heavy atom. The molecule has 1 saturated carbocycles. The largest absolute Gasteiger partial charge is 0.328 e. The lowest BCUT2D eigenvalue weighted by Crippen LogP contribution is -2.20. The van der Waals surface area contributed by atoms with Crippen LogP contribution in [0, 0.1) is 0 Å². The first kappa shape index (κ1) is 11.2. The lowest BCUT2D eigenvalue weighted by Gasteiger charge is -2.18. The Kier molecular flexibility index (Phi) is 3.17. The second-order valence-electron chi connectivity index (χ2n) is 5.16. The van der Waals surface area contributed by atoms with Crippen molar-refractivity contribution in [1.82, 2.24) is 0 Å². The van der Waals surface area contributed by atoms with Gasteiger partial charge < -0.3 is 5.73 Å². The molecule has 90 valence electrons. The van der Waals surface area contributed by atoms with Gasteiger partial charge in [-0.25, -0.2) is 0 Å². The zero-order chi connectivity index (χ0) is 11.7. The van der Waals surface area contributed by atoms with Gasteiger partial charge in [-0.2, -0.15) is 0 Å². The monoisotopic (exact) mass is 245 g/mol. The van der Waals surface area contributed by atoms with Crippen LogP contribution < -0.4 is 5.73 Å². The minimum Gasteiger partial charge on any atom is -0.328 e. The molecule has 0 amide bonds. The van der Waals surface area contributed by atoms with Crippen molar-refractivity contribution in [3.8, 4) is 0 Å². The molecule has 2 heteroatoms. The maximum absolute atomic E-state index is 6.19. The van der Waals surface area contributed by atoms with Crippen LogP contribution in [0.25, 0.3) is 10.1 Å². The summed E-state index contributed by atoms with van der Waals surface area (Å²) < 4.78 is 1.48. The van der Waals surface area contributed by atoms with E-state index in [1.807, 2.05) is 11.3 Å². The van der Waals surface area contributed by atoms with E-state index in [1.54, 1.807) is 0 Å². The first-order valence-corrected chi connectivity index (χ1v) is 7.44. The maximum Gasteiger partial charge on any atom is 0.0377 e. The molecule has 17 heavy (non-hydrogen) atoms. The van der Waals surface area contributed by atoms with Gasteiger partial charge in [-0.05, 0) is 47.6 Å². The number of benzene rings is 1. The molecule has 0 aliphatic heterocycles. The third-order valence-corrected chi connectivity index (χ3v) is 4.89. The Hall–Kier alpha value is -0.860. The molecule has 0 radical (unpaired) electrons. The van der Waals surface area contributed by atoms with Crippen LogP contribution in [0.5, 0.6) is 0 Å². The molecule has 3 rings (SSSR count). The molecule has 0 bridgehead atoms. The molecule has 2 N–H and O–H groups in total. The average Bonchev–Trinajstić information content (AvgIpc) is 2.71. The van der Waals surface area contributed by atoms with Crippen molar-refractivity contribution in [3.05, 3.63) is 35.2 Å². The van der Waals surface area contributed by atoms with Gasteiger partial charge in [0.05, 0.1) is 0 Å². The molecule has 1 aromatic heterocycles. The van der Waals surface area contributed by atoms with Gasteiger partial charge in [-0.1, -0.05) is 31.0 Å². The molecule has 1 aliphatic rings. The third-order valence-electron chi connectivity index (χ3n) is 3.91. The van der Waals surface area contributed by atoms with Crippen LogP contribution in [0.4, 0.5) is 0 Å². The zero-order valence-electron chi connectivity index (χ0n) is 10.1. The van der Waals surface area contributed by atoms with Crippen molar-refractivity contribution in [2.24, 2.45) is 5.73 Å². The Balaban J connectivity index is 1.99.